The smallest absolute Gasteiger partial charge is 0.251 e. The van der Waals surface area contributed by atoms with Crippen molar-refractivity contribution in [1.29, 1.82) is 0 Å². The fourth-order valence-corrected chi connectivity index (χ4v) is 6.23. The summed E-state index contributed by atoms with van der Waals surface area (Å²) in [7, 11) is 0. The van der Waals surface area contributed by atoms with Gasteiger partial charge < -0.3 is 10.6 Å². The highest BCUT2D eigenvalue weighted by molar-refractivity contribution is 7.18. The summed E-state index contributed by atoms with van der Waals surface area (Å²) in [4.78, 5) is 23.7. The minimum atomic E-state index is 0.0380. The number of carbonyl (C=O) groups is 1. The lowest BCUT2D eigenvalue weighted by molar-refractivity contribution is 0.0915. The zero-order chi connectivity index (χ0) is 20.7. The van der Waals surface area contributed by atoms with Gasteiger partial charge in [-0.25, -0.2) is 9.97 Å². The first-order chi connectivity index (χ1) is 14.6. The molecular weight excluding hydrogens is 392 g/mol. The van der Waals surface area contributed by atoms with Crippen LogP contribution in [0.1, 0.15) is 53.4 Å². The average Bonchev–Trinajstić information content (AvgIpc) is 3.47. The molecule has 1 amide bonds. The zero-order valence-corrected chi connectivity index (χ0v) is 18.3. The van der Waals surface area contributed by atoms with Crippen LogP contribution in [0.2, 0.25) is 0 Å². The van der Waals surface area contributed by atoms with Gasteiger partial charge in [0.1, 0.15) is 17.0 Å². The summed E-state index contributed by atoms with van der Waals surface area (Å²) >= 11 is 1.68. The average molecular weight is 421 g/mol. The molecule has 5 nitrogen and oxygen atoms in total. The molecule has 1 aromatic carbocycles. The third-order valence-corrected chi connectivity index (χ3v) is 7.88. The molecule has 2 heterocycles. The van der Waals surface area contributed by atoms with Crippen LogP contribution in [0.4, 0.5) is 5.82 Å². The standard InChI is InChI=1S/C24H28N4OS/c1-14-9-21-22(26-13-27-24(21)30-14)25-12-16-3-6-18(7-4-16)23(29)28-15(2)20-11-17-5-8-19(20)10-17/h3-4,6-7,9,13,15,17,19-20H,5,8,10-12H2,1-2H3,(H,28,29)(H,25,26,27). The Hall–Kier alpha value is -2.47. The molecule has 3 aromatic rings. The second kappa shape index (κ2) is 7.99. The van der Waals surface area contributed by atoms with Crippen molar-refractivity contribution < 1.29 is 4.79 Å². The van der Waals surface area contributed by atoms with Gasteiger partial charge in [0.2, 0.25) is 0 Å². The summed E-state index contributed by atoms with van der Waals surface area (Å²) in [6.07, 6.45) is 7.00. The van der Waals surface area contributed by atoms with Crippen molar-refractivity contribution in [3.63, 3.8) is 0 Å². The molecule has 30 heavy (non-hydrogen) atoms. The number of aryl methyl sites for hydroxylation is 1. The predicted octanol–water partition coefficient (Wildman–Crippen LogP) is 5.17. The Morgan fingerprint density at radius 3 is 2.77 bits per heavy atom. The van der Waals surface area contributed by atoms with Crippen LogP contribution in [0.15, 0.2) is 36.7 Å². The molecule has 2 saturated carbocycles. The van der Waals surface area contributed by atoms with Crippen LogP contribution in [0, 0.1) is 24.7 Å². The number of fused-ring (bicyclic) bond motifs is 3. The van der Waals surface area contributed by atoms with Gasteiger partial charge >= 0.3 is 0 Å². The van der Waals surface area contributed by atoms with Crippen LogP contribution in [0.3, 0.4) is 0 Å². The summed E-state index contributed by atoms with van der Waals surface area (Å²) in [5.74, 6) is 3.27. The summed E-state index contributed by atoms with van der Waals surface area (Å²) in [6, 6.07) is 10.2. The number of thiophene rings is 1. The third-order valence-electron chi connectivity index (χ3n) is 6.92. The van der Waals surface area contributed by atoms with Gasteiger partial charge in [-0.15, -0.1) is 11.3 Å². The van der Waals surface area contributed by atoms with E-state index in [4.69, 9.17) is 0 Å². The topological polar surface area (TPSA) is 66.9 Å². The quantitative estimate of drug-likeness (QED) is 0.578. The molecule has 0 spiro atoms. The number of rotatable bonds is 6. The van der Waals surface area contributed by atoms with Crippen LogP contribution in [-0.4, -0.2) is 21.9 Å². The van der Waals surface area contributed by atoms with Crippen molar-refractivity contribution in [2.24, 2.45) is 17.8 Å². The largest absolute Gasteiger partial charge is 0.365 e. The van der Waals surface area contributed by atoms with Gasteiger partial charge in [-0.05, 0) is 74.6 Å². The molecule has 4 unspecified atom stereocenters. The molecule has 2 aromatic heterocycles. The van der Waals surface area contributed by atoms with Gasteiger partial charge in [0.25, 0.3) is 5.91 Å². The number of nitrogens with one attached hydrogen (secondary N) is 2. The number of anilines is 1. The van der Waals surface area contributed by atoms with Crippen molar-refractivity contribution in [2.75, 3.05) is 5.32 Å². The Labute approximate surface area is 181 Å². The lowest BCUT2D eigenvalue weighted by atomic mass is 9.84. The molecule has 2 bridgehead atoms. The van der Waals surface area contributed by atoms with Gasteiger partial charge in [0.15, 0.2) is 0 Å². The SMILES string of the molecule is Cc1cc2c(NCc3ccc(C(=O)NC(C)C4CC5CCC4C5)cc3)ncnc2s1. The Morgan fingerprint density at radius 2 is 2.03 bits per heavy atom. The molecule has 0 aliphatic heterocycles. The van der Waals surface area contributed by atoms with Crippen molar-refractivity contribution in [3.05, 3.63) is 52.7 Å². The Bertz CT molecular complexity index is 1060. The maximum Gasteiger partial charge on any atom is 0.251 e. The van der Waals surface area contributed by atoms with Crippen molar-refractivity contribution in [2.45, 2.75) is 52.1 Å². The first-order valence-corrected chi connectivity index (χ1v) is 11.7. The maximum absolute atomic E-state index is 12.7. The molecule has 2 N–H and O–H groups in total. The van der Waals surface area contributed by atoms with E-state index in [0.29, 0.717) is 12.5 Å². The highest BCUT2D eigenvalue weighted by Gasteiger charge is 2.42. The van der Waals surface area contributed by atoms with Gasteiger partial charge in [-0.1, -0.05) is 18.6 Å². The molecule has 2 fully saturated rings. The monoisotopic (exact) mass is 420 g/mol. The zero-order valence-electron chi connectivity index (χ0n) is 17.5. The Morgan fingerprint density at radius 1 is 1.20 bits per heavy atom. The molecule has 0 saturated heterocycles. The van der Waals surface area contributed by atoms with E-state index >= 15 is 0 Å². The van der Waals surface area contributed by atoms with E-state index in [2.05, 4.69) is 40.5 Å². The highest BCUT2D eigenvalue weighted by atomic mass is 32.1. The van der Waals surface area contributed by atoms with Crippen LogP contribution >= 0.6 is 11.3 Å². The fourth-order valence-electron chi connectivity index (χ4n) is 5.38. The molecule has 4 atom stereocenters. The van der Waals surface area contributed by atoms with E-state index in [0.717, 1.165) is 39.0 Å². The van der Waals surface area contributed by atoms with E-state index in [1.165, 1.54) is 30.6 Å². The van der Waals surface area contributed by atoms with Crippen LogP contribution in [0.5, 0.6) is 0 Å². The summed E-state index contributed by atoms with van der Waals surface area (Å²) in [5.41, 5.74) is 1.85. The van der Waals surface area contributed by atoms with E-state index < -0.39 is 0 Å². The maximum atomic E-state index is 12.7. The van der Waals surface area contributed by atoms with Crippen molar-refractivity contribution in [3.8, 4) is 0 Å². The summed E-state index contributed by atoms with van der Waals surface area (Å²) in [5, 5.41) is 7.72. The lowest BCUT2D eigenvalue weighted by Gasteiger charge is -2.28. The van der Waals surface area contributed by atoms with Crippen LogP contribution < -0.4 is 10.6 Å². The van der Waals surface area contributed by atoms with Crippen molar-refractivity contribution in [1.82, 2.24) is 15.3 Å². The molecule has 0 radical (unpaired) electrons. The van der Waals surface area contributed by atoms with Gasteiger partial charge in [0.05, 0.1) is 5.39 Å². The minimum Gasteiger partial charge on any atom is -0.365 e. The molecule has 6 heteroatoms. The van der Waals surface area contributed by atoms with Gasteiger partial charge in [0, 0.05) is 23.0 Å². The van der Waals surface area contributed by atoms with E-state index in [9.17, 15) is 4.79 Å². The number of hydrogen-bond acceptors (Lipinski definition) is 5. The molecule has 2 aliphatic carbocycles. The predicted molar refractivity (Wildman–Crippen MR) is 122 cm³/mol. The number of nitrogens with zero attached hydrogens (tertiary/aromatic N) is 2. The number of aromatic nitrogens is 2. The summed E-state index contributed by atoms with van der Waals surface area (Å²) < 4.78 is 0. The molecule has 5 rings (SSSR count). The van der Waals surface area contributed by atoms with Crippen LogP contribution in [-0.2, 0) is 6.54 Å². The highest BCUT2D eigenvalue weighted by Crippen LogP contribution is 2.49. The van der Waals surface area contributed by atoms with E-state index in [1.54, 1.807) is 17.7 Å². The van der Waals surface area contributed by atoms with E-state index in [1.807, 2.05) is 24.3 Å². The van der Waals surface area contributed by atoms with Crippen molar-refractivity contribution >= 4 is 33.3 Å². The third kappa shape index (κ3) is 3.81. The lowest BCUT2D eigenvalue weighted by Crippen LogP contribution is -2.40. The number of hydrogen-bond donors (Lipinski definition) is 2. The minimum absolute atomic E-state index is 0.0380. The van der Waals surface area contributed by atoms with Crippen LogP contribution in [0.25, 0.3) is 10.2 Å². The Kier molecular flexibility index (Phi) is 5.19. The molecular formula is C24H28N4OS. The number of carbonyl (C=O) groups excluding carboxylic acids is 1. The Balaban J connectivity index is 1.19. The normalized spacial score (nSPS) is 23.6. The number of amides is 1. The fraction of sp³-hybridized carbons (Fsp3) is 0.458. The second-order valence-corrected chi connectivity index (χ2v) is 10.2. The molecule has 2 aliphatic rings. The second-order valence-electron chi connectivity index (χ2n) is 8.95. The summed E-state index contributed by atoms with van der Waals surface area (Å²) in [6.45, 7) is 4.92. The first kappa shape index (κ1) is 19.5. The molecule has 156 valence electrons. The number of benzene rings is 1. The van der Waals surface area contributed by atoms with E-state index in [-0.39, 0.29) is 11.9 Å². The van der Waals surface area contributed by atoms with Gasteiger partial charge in [-0.3, -0.25) is 4.79 Å². The van der Waals surface area contributed by atoms with Gasteiger partial charge in [-0.2, -0.15) is 0 Å². The first-order valence-electron chi connectivity index (χ1n) is 10.9.